The first-order chi connectivity index (χ1) is 7.27. The molecule has 0 radical (unpaired) electrons. The maximum absolute atomic E-state index is 6.41. The molecule has 0 fully saturated rings. The van der Waals surface area contributed by atoms with Crippen molar-refractivity contribution in [2.24, 2.45) is 0 Å². The second-order valence-electron chi connectivity index (χ2n) is 3.98. The SMILES string of the molecule is CN1CCc2c1[nH+]c1ccccc1c2Cl. The van der Waals surface area contributed by atoms with Gasteiger partial charge in [0.25, 0.3) is 5.82 Å². The molecular formula is C12H12ClN2+. The number of H-pyrrole nitrogens is 1. The van der Waals surface area contributed by atoms with E-state index in [-0.39, 0.29) is 0 Å². The summed E-state index contributed by atoms with van der Waals surface area (Å²) in [7, 11) is 2.09. The van der Waals surface area contributed by atoms with Crippen LogP contribution in [0.25, 0.3) is 10.9 Å². The summed E-state index contributed by atoms with van der Waals surface area (Å²) in [6, 6.07) is 8.17. The van der Waals surface area contributed by atoms with Gasteiger partial charge >= 0.3 is 0 Å². The molecule has 1 N–H and O–H groups in total. The Kier molecular flexibility index (Phi) is 1.86. The van der Waals surface area contributed by atoms with Gasteiger partial charge in [-0.3, -0.25) is 4.90 Å². The molecule has 15 heavy (non-hydrogen) atoms. The molecule has 0 unspecified atom stereocenters. The zero-order chi connectivity index (χ0) is 10.4. The van der Waals surface area contributed by atoms with E-state index in [1.807, 2.05) is 12.1 Å². The predicted octanol–water partition coefficient (Wildman–Crippen LogP) is 2.30. The van der Waals surface area contributed by atoms with Crippen LogP contribution in [0, 0.1) is 0 Å². The molecule has 76 valence electrons. The number of nitrogens with one attached hydrogen (secondary N) is 1. The fraction of sp³-hybridized carbons (Fsp3) is 0.250. The molecule has 0 atom stereocenters. The first-order valence-corrected chi connectivity index (χ1v) is 5.48. The van der Waals surface area contributed by atoms with Gasteiger partial charge in [-0.25, -0.2) is 4.98 Å². The van der Waals surface area contributed by atoms with Gasteiger partial charge in [0, 0.05) is 11.8 Å². The number of hydrogen-bond donors (Lipinski definition) is 0. The topological polar surface area (TPSA) is 17.4 Å². The van der Waals surface area contributed by atoms with Gasteiger partial charge in [-0.1, -0.05) is 23.7 Å². The molecule has 1 aliphatic heterocycles. The Morgan fingerprint density at radius 1 is 1.33 bits per heavy atom. The Hall–Kier alpha value is -1.28. The van der Waals surface area contributed by atoms with Gasteiger partial charge in [-0.05, 0) is 12.1 Å². The third-order valence-corrected chi connectivity index (χ3v) is 3.48. The van der Waals surface area contributed by atoms with E-state index < -0.39 is 0 Å². The summed E-state index contributed by atoms with van der Waals surface area (Å²) in [6.07, 6.45) is 1.03. The minimum Gasteiger partial charge on any atom is -0.264 e. The number of likely N-dealkylation sites (N-methyl/N-ethyl adjacent to an activating group) is 1. The standard InChI is InChI=1S/C12H11ClN2/c1-15-7-6-9-11(13)8-4-2-3-5-10(8)14-12(9)15/h2-5H,6-7H2,1H3/p+1. The quantitative estimate of drug-likeness (QED) is 0.665. The van der Waals surface area contributed by atoms with Crippen LogP contribution >= 0.6 is 11.6 Å². The number of nitrogens with zero attached hydrogens (tertiary/aromatic N) is 1. The third kappa shape index (κ3) is 1.21. The van der Waals surface area contributed by atoms with Crippen molar-refractivity contribution in [3.63, 3.8) is 0 Å². The summed E-state index contributed by atoms with van der Waals surface area (Å²) in [5, 5.41) is 2.02. The smallest absolute Gasteiger partial charge is 0.264 e. The minimum absolute atomic E-state index is 0.906. The number of aromatic nitrogens is 1. The van der Waals surface area contributed by atoms with Crippen molar-refractivity contribution in [1.82, 2.24) is 0 Å². The van der Waals surface area contributed by atoms with Crippen molar-refractivity contribution in [2.75, 3.05) is 18.5 Å². The highest BCUT2D eigenvalue weighted by Crippen LogP contribution is 2.33. The summed E-state index contributed by atoms with van der Waals surface area (Å²) in [4.78, 5) is 5.66. The summed E-state index contributed by atoms with van der Waals surface area (Å²) >= 11 is 6.41. The molecule has 0 saturated carbocycles. The van der Waals surface area contributed by atoms with Gasteiger partial charge < -0.3 is 0 Å². The Balaban J connectivity index is 2.41. The van der Waals surface area contributed by atoms with Crippen LogP contribution in [0.15, 0.2) is 24.3 Å². The lowest BCUT2D eigenvalue weighted by atomic mass is 10.1. The highest BCUT2D eigenvalue weighted by molar-refractivity contribution is 6.36. The van der Waals surface area contributed by atoms with E-state index in [4.69, 9.17) is 11.6 Å². The Labute approximate surface area is 93.5 Å². The molecule has 1 aliphatic rings. The van der Waals surface area contributed by atoms with Gasteiger partial charge in [-0.15, -0.1) is 0 Å². The molecule has 0 bridgehead atoms. The van der Waals surface area contributed by atoms with Crippen molar-refractivity contribution in [1.29, 1.82) is 0 Å². The lowest BCUT2D eigenvalue weighted by Crippen LogP contribution is -2.21. The maximum Gasteiger partial charge on any atom is 0.279 e. The summed E-state index contributed by atoms with van der Waals surface area (Å²) in [6.45, 7) is 1.04. The van der Waals surface area contributed by atoms with Crippen LogP contribution in [0.5, 0.6) is 0 Å². The summed E-state index contributed by atoms with van der Waals surface area (Å²) in [5.74, 6) is 1.17. The van der Waals surface area contributed by atoms with Crippen LogP contribution < -0.4 is 9.88 Å². The van der Waals surface area contributed by atoms with Crippen molar-refractivity contribution < 1.29 is 4.98 Å². The molecule has 2 aromatic rings. The van der Waals surface area contributed by atoms with Crippen LogP contribution in [0.3, 0.4) is 0 Å². The second-order valence-corrected chi connectivity index (χ2v) is 4.36. The van der Waals surface area contributed by atoms with E-state index in [0.717, 1.165) is 28.9 Å². The number of halogens is 1. The third-order valence-electron chi connectivity index (χ3n) is 3.05. The molecule has 1 aromatic carbocycles. The van der Waals surface area contributed by atoms with Gasteiger partial charge in [0.15, 0.2) is 0 Å². The summed E-state index contributed by atoms with van der Waals surface area (Å²) < 4.78 is 0. The molecule has 0 amide bonds. The largest absolute Gasteiger partial charge is 0.279 e. The van der Waals surface area contributed by atoms with E-state index in [9.17, 15) is 0 Å². The lowest BCUT2D eigenvalue weighted by molar-refractivity contribution is -0.329. The Morgan fingerprint density at radius 2 is 2.13 bits per heavy atom. The number of pyridine rings is 1. The fourth-order valence-corrected chi connectivity index (χ4v) is 2.55. The second kappa shape index (κ2) is 3.11. The van der Waals surface area contributed by atoms with Crippen LogP contribution in [-0.2, 0) is 6.42 Å². The van der Waals surface area contributed by atoms with Crippen LogP contribution in [0.4, 0.5) is 5.82 Å². The van der Waals surface area contributed by atoms with Gasteiger partial charge in [-0.2, -0.15) is 0 Å². The van der Waals surface area contributed by atoms with Crippen LogP contribution in [0.2, 0.25) is 5.02 Å². The molecule has 3 heteroatoms. The number of hydrogen-bond acceptors (Lipinski definition) is 1. The number of rotatable bonds is 0. The average molecular weight is 220 g/mol. The molecule has 0 spiro atoms. The molecule has 0 saturated heterocycles. The number of fused-ring (bicyclic) bond motifs is 2. The molecule has 2 heterocycles. The van der Waals surface area contributed by atoms with Crippen molar-refractivity contribution in [2.45, 2.75) is 6.42 Å². The zero-order valence-electron chi connectivity index (χ0n) is 8.55. The number of para-hydroxylation sites is 1. The normalized spacial score (nSPS) is 14.7. The Morgan fingerprint density at radius 3 is 3.00 bits per heavy atom. The predicted molar refractivity (Wildman–Crippen MR) is 62.5 cm³/mol. The van der Waals surface area contributed by atoms with Crippen LogP contribution in [-0.4, -0.2) is 13.6 Å². The van der Waals surface area contributed by atoms with E-state index >= 15 is 0 Å². The summed E-state index contributed by atoms with van der Waals surface area (Å²) in [5.41, 5.74) is 2.35. The van der Waals surface area contributed by atoms with Gasteiger partial charge in [0.1, 0.15) is 5.52 Å². The minimum atomic E-state index is 0.906. The number of benzene rings is 1. The highest BCUT2D eigenvalue weighted by Gasteiger charge is 2.28. The molecular weight excluding hydrogens is 208 g/mol. The Bertz CT molecular complexity index is 536. The molecule has 2 nitrogen and oxygen atoms in total. The molecule has 3 rings (SSSR count). The monoisotopic (exact) mass is 219 g/mol. The number of aromatic amines is 1. The fourth-order valence-electron chi connectivity index (χ4n) is 2.20. The first kappa shape index (κ1) is 8.98. The van der Waals surface area contributed by atoms with E-state index in [1.165, 1.54) is 11.4 Å². The van der Waals surface area contributed by atoms with Crippen molar-refractivity contribution in [3.8, 4) is 0 Å². The maximum atomic E-state index is 6.41. The molecule has 1 aromatic heterocycles. The van der Waals surface area contributed by atoms with Gasteiger partial charge in [0.2, 0.25) is 0 Å². The van der Waals surface area contributed by atoms with Crippen molar-refractivity contribution in [3.05, 3.63) is 34.9 Å². The van der Waals surface area contributed by atoms with E-state index in [1.54, 1.807) is 0 Å². The van der Waals surface area contributed by atoms with E-state index in [2.05, 4.69) is 29.1 Å². The highest BCUT2D eigenvalue weighted by atomic mass is 35.5. The lowest BCUT2D eigenvalue weighted by Gasteiger charge is -2.05. The van der Waals surface area contributed by atoms with Gasteiger partial charge in [0.05, 0.1) is 24.2 Å². The first-order valence-electron chi connectivity index (χ1n) is 5.11. The average Bonchev–Trinajstić information content (AvgIpc) is 2.62. The zero-order valence-corrected chi connectivity index (χ0v) is 9.30. The number of anilines is 1. The van der Waals surface area contributed by atoms with E-state index in [0.29, 0.717) is 0 Å². The molecule has 0 aliphatic carbocycles. The van der Waals surface area contributed by atoms with Crippen molar-refractivity contribution >= 4 is 28.3 Å². The van der Waals surface area contributed by atoms with Crippen LogP contribution in [0.1, 0.15) is 5.56 Å².